The second-order valence-corrected chi connectivity index (χ2v) is 4.91. The molecule has 6 nitrogen and oxygen atoms in total. The number of fused-ring (bicyclic) bond motifs is 1. The third-order valence-corrected chi connectivity index (χ3v) is 3.40. The Morgan fingerprint density at radius 2 is 2.30 bits per heavy atom. The van der Waals surface area contributed by atoms with E-state index in [0.29, 0.717) is 13.1 Å². The summed E-state index contributed by atoms with van der Waals surface area (Å²) in [5, 5.41) is 2.66. The Labute approximate surface area is 118 Å². The Balaban J connectivity index is 2.30. The van der Waals surface area contributed by atoms with Crippen LogP contribution in [0.1, 0.15) is 12.6 Å². The van der Waals surface area contributed by atoms with Gasteiger partial charge in [0.15, 0.2) is 5.82 Å². The molecule has 108 valence electrons. The molecule has 0 aliphatic carbocycles. The van der Waals surface area contributed by atoms with E-state index in [1.807, 2.05) is 47.7 Å². The minimum absolute atomic E-state index is 0.0231. The first-order valence-electron chi connectivity index (χ1n) is 6.67. The van der Waals surface area contributed by atoms with Gasteiger partial charge in [-0.3, -0.25) is 4.79 Å². The average molecular weight is 275 g/mol. The summed E-state index contributed by atoms with van der Waals surface area (Å²) in [6.07, 6.45) is 1.95. The Bertz CT molecular complexity index is 607. The Kier molecular flexibility index (Phi) is 4.24. The van der Waals surface area contributed by atoms with E-state index in [2.05, 4.69) is 10.3 Å². The highest BCUT2D eigenvalue weighted by Crippen LogP contribution is 2.21. The molecule has 0 saturated carbocycles. The summed E-state index contributed by atoms with van der Waals surface area (Å²) in [6, 6.07) is 5.84. The standard InChI is InChI=1S/C14H21N5O/c1-10(14(20)16-2)9-18(3)13-11(8-15)19-7-5-4-6-12(19)17-13/h4-7,10H,8-9,15H2,1-3H3,(H,16,20). The highest BCUT2D eigenvalue weighted by atomic mass is 16.1. The van der Waals surface area contributed by atoms with Gasteiger partial charge in [-0.2, -0.15) is 0 Å². The molecule has 0 saturated heterocycles. The van der Waals surface area contributed by atoms with Crippen LogP contribution in [0, 0.1) is 5.92 Å². The summed E-state index contributed by atoms with van der Waals surface area (Å²) >= 11 is 0. The zero-order valence-corrected chi connectivity index (χ0v) is 12.1. The van der Waals surface area contributed by atoms with E-state index in [4.69, 9.17) is 5.73 Å². The van der Waals surface area contributed by atoms with Crippen LogP contribution in [-0.2, 0) is 11.3 Å². The van der Waals surface area contributed by atoms with E-state index in [9.17, 15) is 4.79 Å². The quantitative estimate of drug-likeness (QED) is 0.838. The van der Waals surface area contributed by atoms with Crippen LogP contribution in [-0.4, -0.2) is 35.9 Å². The van der Waals surface area contributed by atoms with Gasteiger partial charge >= 0.3 is 0 Å². The normalized spacial score (nSPS) is 12.4. The predicted molar refractivity (Wildman–Crippen MR) is 79.6 cm³/mol. The number of nitrogens with one attached hydrogen (secondary N) is 1. The fraction of sp³-hybridized carbons (Fsp3) is 0.429. The minimum Gasteiger partial charge on any atom is -0.359 e. The van der Waals surface area contributed by atoms with E-state index in [0.717, 1.165) is 17.2 Å². The fourth-order valence-electron chi connectivity index (χ4n) is 2.36. The molecule has 2 rings (SSSR count). The number of hydrogen-bond donors (Lipinski definition) is 2. The zero-order chi connectivity index (χ0) is 14.7. The monoisotopic (exact) mass is 275 g/mol. The number of pyridine rings is 1. The summed E-state index contributed by atoms with van der Waals surface area (Å²) in [4.78, 5) is 18.2. The number of nitrogens with zero attached hydrogens (tertiary/aromatic N) is 3. The van der Waals surface area contributed by atoms with Gasteiger partial charge in [-0.05, 0) is 12.1 Å². The maximum atomic E-state index is 11.6. The number of hydrogen-bond acceptors (Lipinski definition) is 4. The first-order valence-corrected chi connectivity index (χ1v) is 6.67. The Morgan fingerprint density at radius 1 is 1.55 bits per heavy atom. The molecular formula is C14H21N5O. The van der Waals surface area contributed by atoms with Gasteiger partial charge < -0.3 is 20.4 Å². The van der Waals surface area contributed by atoms with Crippen molar-refractivity contribution >= 4 is 17.4 Å². The van der Waals surface area contributed by atoms with E-state index < -0.39 is 0 Å². The fourth-order valence-corrected chi connectivity index (χ4v) is 2.36. The van der Waals surface area contributed by atoms with Crippen LogP contribution in [0.5, 0.6) is 0 Å². The summed E-state index contributed by atoms with van der Waals surface area (Å²) < 4.78 is 1.98. The van der Waals surface area contributed by atoms with Crippen molar-refractivity contribution in [2.75, 3.05) is 25.5 Å². The number of nitrogens with two attached hydrogens (primary N) is 1. The third kappa shape index (κ3) is 2.60. The summed E-state index contributed by atoms with van der Waals surface area (Å²) in [7, 11) is 3.58. The predicted octanol–water partition coefficient (Wildman–Crippen LogP) is 0.611. The van der Waals surface area contributed by atoms with Crippen LogP contribution >= 0.6 is 0 Å². The first kappa shape index (κ1) is 14.3. The van der Waals surface area contributed by atoms with Crippen LogP contribution in [0.25, 0.3) is 5.65 Å². The molecule has 3 N–H and O–H groups in total. The van der Waals surface area contributed by atoms with E-state index in [-0.39, 0.29) is 11.8 Å². The summed E-state index contributed by atoms with van der Waals surface area (Å²) in [6.45, 7) is 2.89. The molecule has 1 atom stereocenters. The van der Waals surface area contributed by atoms with Crippen molar-refractivity contribution in [3.63, 3.8) is 0 Å². The summed E-state index contributed by atoms with van der Waals surface area (Å²) in [5.74, 6) is 0.741. The molecule has 20 heavy (non-hydrogen) atoms. The molecule has 0 aliphatic rings. The number of imidazole rings is 1. The van der Waals surface area contributed by atoms with Crippen molar-refractivity contribution in [2.24, 2.45) is 11.7 Å². The highest BCUT2D eigenvalue weighted by molar-refractivity contribution is 5.78. The van der Waals surface area contributed by atoms with Gasteiger partial charge in [-0.25, -0.2) is 4.98 Å². The highest BCUT2D eigenvalue weighted by Gasteiger charge is 2.19. The molecule has 0 aliphatic heterocycles. The van der Waals surface area contributed by atoms with Crippen molar-refractivity contribution in [1.82, 2.24) is 14.7 Å². The molecule has 2 heterocycles. The van der Waals surface area contributed by atoms with Crippen molar-refractivity contribution < 1.29 is 4.79 Å². The Morgan fingerprint density at radius 3 is 2.95 bits per heavy atom. The first-order chi connectivity index (χ1) is 9.58. The smallest absolute Gasteiger partial charge is 0.224 e. The van der Waals surface area contributed by atoms with Gasteiger partial charge in [-0.1, -0.05) is 13.0 Å². The maximum absolute atomic E-state index is 11.6. The summed E-state index contributed by atoms with van der Waals surface area (Å²) in [5.41, 5.74) is 7.66. The lowest BCUT2D eigenvalue weighted by atomic mass is 10.1. The molecule has 6 heteroatoms. The lowest BCUT2D eigenvalue weighted by Gasteiger charge is -2.21. The molecule has 2 aromatic heterocycles. The van der Waals surface area contributed by atoms with Gasteiger partial charge in [0.25, 0.3) is 0 Å². The molecular weight excluding hydrogens is 254 g/mol. The molecule has 0 spiro atoms. The van der Waals surface area contributed by atoms with E-state index >= 15 is 0 Å². The number of rotatable bonds is 5. The number of amides is 1. The van der Waals surface area contributed by atoms with Crippen LogP contribution < -0.4 is 16.0 Å². The van der Waals surface area contributed by atoms with Gasteiger partial charge in [0, 0.05) is 33.4 Å². The minimum atomic E-state index is -0.111. The zero-order valence-electron chi connectivity index (χ0n) is 12.1. The van der Waals surface area contributed by atoms with Crippen LogP contribution in [0.15, 0.2) is 24.4 Å². The molecule has 2 aromatic rings. The maximum Gasteiger partial charge on any atom is 0.224 e. The lowest BCUT2D eigenvalue weighted by molar-refractivity contribution is -0.123. The number of aromatic nitrogens is 2. The number of carbonyl (C=O) groups excluding carboxylic acids is 1. The number of anilines is 1. The van der Waals surface area contributed by atoms with E-state index in [1.54, 1.807) is 7.05 Å². The number of carbonyl (C=O) groups is 1. The SMILES string of the molecule is CNC(=O)C(C)CN(C)c1nc2ccccn2c1CN. The van der Waals surface area contributed by atoms with Gasteiger partial charge in [0.2, 0.25) is 5.91 Å². The molecule has 0 fully saturated rings. The average Bonchev–Trinajstić information content (AvgIpc) is 2.84. The second-order valence-electron chi connectivity index (χ2n) is 4.91. The van der Waals surface area contributed by atoms with E-state index in [1.165, 1.54) is 0 Å². The molecule has 1 unspecified atom stereocenters. The topological polar surface area (TPSA) is 75.7 Å². The van der Waals surface area contributed by atoms with Crippen LogP contribution in [0.2, 0.25) is 0 Å². The second kappa shape index (κ2) is 5.92. The third-order valence-electron chi connectivity index (χ3n) is 3.40. The molecule has 0 radical (unpaired) electrons. The van der Waals surface area contributed by atoms with Crippen LogP contribution in [0.4, 0.5) is 5.82 Å². The largest absolute Gasteiger partial charge is 0.359 e. The molecule has 1 amide bonds. The Hall–Kier alpha value is -2.08. The molecule has 0 bridgehead atoms. The van der Waals surface area contributed by atoms with Crippen molar-refractivity contribution in [3.8, 4) is 0 Å². The molecule has 0 aromatic carbocycles. The van der Waals surface area contributed by atoms with Crippen molar-refractivity contribution in [2.45, 2.75) is 13.5 Å². The van der Waals surface area contributed by atoms with Gasteiger partial charge in [0.05, 0.1) is 11.6 Å². The van der Waals surface area contributed by atoms with Crippen molar-refractivity contribution in [3.05, 3.63) is 30.1 Å². The lowest BCUT2D eigenvalue weighted by Crippen LogP contribution is -2.35. The van der Waals surface area contributed by atoms with Crippen molar-refractivity contribution in [1.29, 1.82) is 0 Å². The van der Waals surface area contributed by atoms with Gasteiger partial charge in [-0.15, -0.1) is 0 Å². The van der Waals surface area contributed by atoms with Crippen LogP contribution in [0.3, 0.4) is 0 Å². The van der Waals surface area contributed by atoms with Gasteiger partial charge in [0.1, 0.15) is 5.65 Å².